The summed E-state index contributed by atoms with van der Waals surface area (Å²) in [7, 11) is -16.0. The Hall–Kier alpha value is -4.10. The number of hydrogen-bond acceptors (Lipinski definition) is 2. The topological polar surface area (TPSA) is 46.2 Å². The Bertz CT molecular complexity index is 1820. The summed E-state index contributed by atoms with van der Waals surface area (Å²) in [5.41, 5.74) is 0. The highest BCUT2D eigenvalue weighted by Gasteiger charge is 2.53. The van der Waals surface area contributed by atoms with Crippen LogP contribution in [0.15, 0.2) is 0 Å². The van der Waals surface area contributed by atoms with E-state index >= 15 is 35.1 Å². The van der Waals surface area contributed by atoms with Gasteiger partial charge in [0, 0.05) is 0 Å². The zero-order chi connectivity index (χ0) is 37.6. The Labute approximate surface area is 254 Å². The second-order valence-corrected chi connectivity index (χ2v) is 14.0. The van der Waals surface area contributed by atoms with E-state index in [1.54, 1.807) is 0 Å². The molecule has 0 aliphatic rings. The molecule has 0 radical (unpaired) electrons. The van der Waals surface area contributed by atoms with Gasteiger partial charge in [-0.25, -0.2) is 87.8 Å². The molecule has 0 aromatic heterocycles. The highest BCUT2D eigenvalue weighted by molar-refractivity contribution is 7.91. The molecule has 0 heterocycles. The van der Waals surface area contributed by atoms with Crippen LogP contribution in [0.3, 0.4) is 0 Å². The lowest BCUT2D eigenvalue weighted by atomic mass is 10.3. The van der Waals surface area contributed by atoms with E-state index in [1.807, 2.05) is 0 Å². The molecule has 0 aliphatic carbocycles. The highest BCUT2D eigenvalue weighted by Crippen LogP contribution is 2.57. The fourth-order valence-electron chi connectivity index (χ4n) is 4.10. The molecule has 4 aromatic carbocycles. The van der Waals surface area contributed by atoms with Crippen LogP contribution in [0.1, 0.15) is 0 Å². The van der Waals surface area contributed by atoms with E-state index in [1.165, 1.54) is 0 Å². The van der Waals surface area contributed by atoms with E-state index in [4.69, 9.17) is 0 Å². The molecule has 0 spiro atoms. The number of rotatable bonds is 6. The van der Waals surface area contributed by atoms with E-state index in [9.17, 15) is 61.8 Å². The Morgan fingerprint density at radius 2 is 0.327 bits per heavy atom. The summed E-state index contributed by atoms with van der Waals surface area (Å²) in [6, 6.07) is 0. The van der Waals surface area contributed by atoms with Crippen LogP contribution in [0.4, 0.5) is 87.8 Å². The summed E-state index contributed by atoms with van der Waals surface area (Å²) in [6.45, 7) is 0. The van der Waals surface area contributed by atoms with Crippen LogP contribution in [0.25, 0.3) is 0 Å². The third-order valence-electron chi connectivity index (χ3n) is 6.29. The van der Waals surface area contributed by atoms with E-state index in [2.05, 4.69) is 0 Å². The molecule has 0 fully saturated rings. The first-order valence-corrected chi connectivity index (χ1v) is 14.9. The molecule has 0 aliphatic heterocycles. The number of benzene rings is 4. The second-order valence-electron chi connectivity index (χ2n) is 8.99. The lowest BCUT2D eigenvalue weighted by Gasteiger charge is -2.30. The van der Waals surface area contributed by atoms with Gasteiger partial charge in [0.15, 0.2) is 93.1 Å². The van der Waals surface area contributed by atoms with Crippen LogP contribution in [0.5, 0.6) is 0 Å². The fourth-order valence-corrected chi connectivity index (χ4v) is 10.7. The maximum Gasteiger partial charge on any atom is 0.222 e. The van der Waals surface area contributed by atoms with Crippen molar-refractivity contribution in [1.82, 2.24) is 4.86 Å². The SMILES string of the molecule is O=P(NP(=O)(c1c(F)c(F)c(F)c(F)c1F)c1c(F)c(F)c(F)c(F)c1F)(c1c(F)c(F)c(F)c(F)c1F)c1c(F)c(F)c(F)c(F)c1F. The molecule has 264 valence electrons. The minimum Gasteiger partial charge on any atom is -0.296 e. The first kappa shape index (κ1) is 37.7. The predicted octanol–water partition coefficient (Wildman–Crippen LogP) is 7.22. The van der Waals surface area contributed by atoms with Gasteiger partial charge in [0.2, 0.25) is 37.9 Å². The molecule has 25 heteroatoms. The molecule has 0 unspecified atom stereocenters. The van der Waals surface area contributed by atoms with Gasteiger partial charge in [-0.1, -0.05) is 0 Å². The molecule has 0 atom stereocenters. The smallest absolute Gasteiger partial charge is 0.222 e. The summed E-state index contributed by atoms with van der Waals surface area (Å²) >= 11 is 0. The average molecular weight is 777 g/mol. The molecule has 1 N–H and O–H groups in total. The Morgan fingerprint density at radius 3 is 0.449 bits per heavy atom. The molecular weight excluding hydrogens is 776 g/mol. The highest BCUT2D eigenvalue weighted by atomic mass is 31.2. The minimum atomic E-state index is -7.99. The lowest BCUT2D eigenvalue weighted by Crippen LogP contribution is -2.42. The van der Waals surface area contributed by atoms with Crippen LogP contribution in [-0.4, -0.2) is 0 Å². The largest absolute Gasteiger partial charge is 0.296 e. The van der Waals surface area contributed by atoms with Gasteiger partial charge in [-0.3, -0.25) is 9.13 Å². The molecule has 4 aromatic rings. The zero-order valence-corrected chi connectivity index (χ0v) is 23.6. The minimum absolute atomic E-state index is 0.0623. The predicted molar refractivity (Wildman–Crippen MR) is 122 cm³/mol. The lowest BCUT2D eigenvalue weighted by molar-refractivity contribution is 0.381. The normalized spacial score (nSPS) is 12.3. The quantitative estimate of drug-likeness (QED) is 0.0975. The Kier molecular flexibility index (Phi) is 9.50. The van der Waals surface area contributed by atoms with E-state index < -0.39 is 152 Å². The number of nitrogens with one attached hydrogen (secondary N) is 1. The second kappa shape index (κ2) is 12.3. The van der Waals surface area contributed by atoms with E-state index in [0.717, 1.165) is 0 Å². The van der Waals surface area contributed by atoms with Crippen molar-refractivity contribution in [2.75, 3.05) is 0 Å². The molecule has 3 nitrogen and oxygen atoms in total. The van der Waals surface area contributed by atoms with Crippen LogP contribution in [0.2, 0.25) is 0 Å². The molecular formula is C24HF20NO2P2. The van der Waals surface area contributed by atoms with Gasteiger partial charge in [-0.2, -0.15) is 4.86 Å². The van der Waals surface area contributed by atoms with Crippen molar-refractivity contribution in [2.45, 2.75) is 0 Å². The Morgan fingerprint density at radius 1 is 0.224 bits per heavy atom. The average Bonchev–Trinajstić information content (AvgIpc) is 3.04. The molecule has 0 saturated heterocycles. The van der Waals surface area contributed by atoms with Crippen molar-refractivity contribution in [3.63, 3.8) is 0 Å². The van der Waals surface area contributed by atoms with Gasteiger partial charge in [0.05, 0.1) is 0 Å². The van der Waals surface area contributed by atoms with Crippen LogP contribution >= 0.6 is 14.6 Å². The zero-order valence-electron chi connectivity index (χ0n) is 21.8. The summed E-state index contributed by atoms with van der Waals surface area (Å²) in [5, 5.41) is -13.9. The first-order chi connectivity index (χ1) is 22.4. The summed E-state index contributed by atoms with van der Waals surface area (Å²) < 4.78 is 318. The van der Waals surface area contributed by atoms with E-state index in [-0.39, 0.29) is 4.86 Å². The summed E-state index contributed by atoms with van der Waals surface area (Å²) in [4.78, 5) is 0.0623. The van der Waals surface area contributed by atoms with Gasteiger partial charge < -0.3 is 0 Å². The van der Waals surface area contributed by atoms with Crippen molar-refractivity contribution in [2.24, 2.45) is 0 Å². The maximum atomic E-state index is 15.0. The van der Waals surface area contributed by atoms with Crippen LogP contribution in [-0.2, 0) is 9.13 Å². The molecule has 0 bridgehead atoms. The number of hydrogen-bond donors (Lipinski definition) is 1. The first-order valence-electron chi connectivity index (χ1n) is 11.5. The van der Waals surface area contributed by atoms with Gasteiger partial charge in [-0.15, -0.1) is 0 Å². The fraction of sp³-hybridized carbons (Fsp3) is 0. The molecule has 49 heavy (non-hydrogen) atoms. The van der Waals surface area contributed by atoms with Crippen molar-refractivity contribution >= 4 is 35.8 Å². The molecule has 0 saturated carbocycles. The van der Waals surface area contributed by atoms with Gasteiger partial charge in [0.25, 0.3) is 0 Å². The van der Waals surface area contributed by atoms with Gasteiger partial charge >= 0.3 is 0 Å². The molecule has 4 rings (SSSR count). The number of halogens is 20. The Balaban J connectivity index is 2.42. The third kappa shape index (κ3) is 5.19. The third-order valence-corrected chi connectivity index (χ3v) is 12.6. The van der Waals surface area contributed by atoms with E-state index in [0.29, 0.717) is 0 Å². The van der Waals surface area contributed by atoms with Crippen molar-refractivity contribution < 1.29 is 96.9 Å². The molecule has 0 amide bonds. The van der Waals surface area contributed by atoms with Crippen molar-refractivity contribution in [1.29, 1.82) is 0 Å². The summed E-state index contributed by atoms with van der Waals surface area (Å²) in [5.74, 6) is -69.7. The standard InChI is InChI=1S/C24HF20NO2P2/c25-1-5(29)13(37)21(14(38)6(1)30)48(46,22-15(39)7(31)2(26)8(32)16(22)40)45-49(47,23-17(41)9(33)3(27)10(34)18(23)42)24-19(43)11(35)4(28)12(36)20(24)44/h(H,45,46,47). The van der Waals surface area contributed by atoms with Gasteiger partial charge in [-0.05, 0) is 0 Å². The monoisotopic (exact) mass is 777 g/mol. The van der Waals surface area contributed by atoms with Crippen LogP contribution < -0.4 is 26.1 Å². The van der Waals surface area contributed by atoms with Crippen molar-refractivity contribution in [3.8, 4) is 0 Å². The summed E-state index contributed by atoms with van der Waals surface area (Å²) in [6.07, 6.45) is 0. The maximum absolute atomic E-state index is 15.0. The van der Waals surface area contributed by atoms with Crippen molar-refractivity contribution in [3.05, 3.63) is 116 Å². The van der Waals surface area contributed by atoms with Gasteiger partial charge in [0.1, 0.15) is 21.2 Å². The van der Waals surface area contributed by atoms with Crippen LogP contribution in [0, 0.1) is 116 Å².